The van der Waals surface area contributed by atoms with Crippen molar-refractivity contribution in [3.05, 3.63) is 51.2 Å². The van der Waals surface area contributed by atoms with Crippen molar-refractivity contribution >= 4 is 62.8 Å². The maximum atomic E-state index is 12.3. The van der Waals surface area contributed by atoms with E-state index >= 15 is 0 Å². The van der Waals surface area contributed by atoms with Crippen LogP contribution in [0.15, 0.2) is 44.8 Å². The fourth-order valence-electron chi connectivity index (χ4n) is 2.35. The van der Waals surface area contributed by atoms with E-state index in [1.54, 1.807) is 18.2 Å². The molecule has 5 nitrogen and oxygen atoms in total. The molecule has 1 aromatic heterocycles. The molecule has 1 aliphatic heterocycles. The second-order valence-electron chi connectivity index (χ2n) is 5.40. The van der Waals surface area contributed by atoms with Crippen molar-refractivity contribution < 1.29 is 14.0 Å². The maximum Gasteiger partial charge on any atom is 0.265 e. The number of hydrogen-bond acceptors (Lipinski definition) is 4. The first-order valence-electron chi connectivity index (χ1n) is 7.16. The summed E-state index contributed by atoms with van der Waals surface area (Å²) in [5, 5.41) is 0.722. The molecule has 0 spiro atoms. The van der Waals surface area contributed by atoms with Gasteiger partial charge < -0.3 is 4.42 Å². The number of halogens is 2. The molecule has 1 aliphatic rings. The number of carbonyl (C=O) groups is 2. The number of amides is 2. The van der Waals surface area contributed by atoms with Gasteiger partial charge in [-0.25, -0.2) is 0 Å². The molecule has 2 amide bonds. The van der Waals surface area contributed by atoms with Crippen LogP contribution in [0.2, 0.25) is 5.02 Å². The van der Waals surface area contributed by atoms with Crippen LogP contribution in [-0.4, -0.2) is 40.8 Å². The Morgan fingerprint density at radius 2 is 1.76 bits per heavy atom. The van der Waals surface area contributed by atoms with Gasteiger partial charge in [-0.15, -0.1) is 0 Å². The largest absolute Gasteiger partial charge is 0.457 e. The van der Waals surface area contributed by atoms with Crippen LogP contribution >= 0.6 is 39.7 Å². The summed E-state index contributed by atoms with van der Waals surface area (Å²) in [7, 11) is 3.05. The van der Waals surface area contributed by atoms with E-state index in [4.69, 9.17) is 28.2 Å². The molecular formula is C17H12BrClN2O3S. The molecule has 0 atom stereocenters. The molecule has 128 valence electrons. The zero-order chi connectivity index (χ0) is 18.3. The SMILES string of the molecule is CN1C(=O)C(=Cc2ccc(-c3ccc(Br)c(Cl)c3)o2)C(=O)N(C)C1=S. The van der Waals surface area contributed by atoms with Gasteiger partial charge in [-0.3, -0.25) is 19.4 Å². The lowest BCUT2D eigenvalue weighted by Gasteiger charge is -2.31. The van der Waals surface area contributed by atoms with E-state index in [0.717, 1.165) is 10.0 Å². The smallest absolute Gasteiger partial charge is 0.265 e. The van der Waals surface area contributed by atoms with Crippen molar-refractivity contribution in [2.75, 3.05) is 14.1 Å². The Morgan fingerprint density at radius 1 is 1.12 bits per heavy atom. The molecule has 0 saturated carbocycles. The summed E-state index contributed by atoms with van der Waals surface area (Å²) in [6.07, 6.45) is 1.42. The third-order valence-corrected chi connectivity index (χ3v) is 5.54. The molecule has 25 heavy (non-hydrogen) atoms. The predicted molar refractivity (Wildman–Crippen MR) is 103 cm³/mol. The van der Waals surface area contributed by atoms with Gasteiger partial charge in [-0.2, -0.15) is 0 Å². The monoisotopic (exact) mass is 438 g/mol. The lowest BCUT2D eigenvalue weighted by molar-refractivity contribution is -0.132. The Balaban J connectivity index is 1.95. The minimum Gasteiger partial charge on any atom is -0.457 e. The van der Waals surface area contributed by atoms with Crippen LogP contribution < -0.4 is 0 Å². The van der Waals surface area contributed by atoms with Crippen molar-refractivity contribution in [3.63, 3.8) is 0 Å². The van der Waals surface area contributed by atoms with E-state index in [1.165, 1.54) is 30.0 Å². The van der Waals surface area contributed by atoms with Crippen LogP contribution in [0.3, 0.4) is 0 Å². The molecule has 2 heterocycles. The molecule has 0 radical (unpaired) electrons. The Morgan fingerprint density at radius 3 is 2.36 bits per heavy atom. The quantitative estimate of drug-likeness (QED) is 0.404. The molecule has 0 unspecified atom stereocenters. The summed E-state index contributed by atoms with van der Waals surface area (Å²) in [6.45, 7) is 0. The van der Waals surface area contributed by atoms with E-state index in [2.05, 4.69) is 15.9 Å². The van der Waals surface area contributed by atoms with Gasteiger partial charge in [0.15, 0.2) is 5.11 Å². The Labute approximate surface area is 163 Å². The average Bonchev–Trinajstić information content (AvgIpc) is 3.06. The third kappa shape index (κ3) is 3.27. The molecule has 0 N–H and O–H groups in total. The summed E-state index contributed by atoms with van der Waals surface area (Å²) in [5.74, 6) is 0.0463. The predicted octanol–water partition coefficient (Wildman–Crippen LogP) is 3.96. The molecule has 1 saturated heterocycles. The first-order chi connectivity index (χ1) is 11.8. The molecule has 1 aromatic carbocycles. The fourth-order valence-corrected chi connectivity index (χ4v) is 2.95. The molecule has 2 aromatic rings. The summed E-state index contributed by atoms with van der Waals surface area (Å²) in [5.41, 5.74) is 0.780. The number of furan rings is 1. The Bertz CT molecular complexity index is 912. The van der Waals surface area contributed by atoms with Gasteiger partial charge in [0.05, 0.1) is 5.02 Å². The van der Waals surface area contributed by atoms with Crippen molar-refractivity contribution in [1.82, 2.24) is 9.80 Å². The number of rotatable bonds is 2. The lowest BCUT2D eigenvalue weighted by atomic mass is 10.1. The summed E-state index contributed by atoms with van der Waals surface area (Å²) >= 11 is 14.5. The zero-order valence-corrected chi connectivity index (χ0v) is 16.4. The minimum absolute atomic E-state index is 0.00617. The third-order valence-electron chi connectivity index (χ3n) is 3.76. The Kier molecular flexibility index (Phi) is 4.81. The molecule has 0 aliphatic carbocycles. The topological polar surface area (TPSA) is 53.8 Å². The molecule has 1 fully saturated rings. The van der Waals surface area contributed by atoms with Gasteiger partial charge in [0, 0.05) is 24.1 Å². The highest BCUT2D eigenvalue weighted by Gasteiger charge is 2.35. The van der Waals surface area contributed by atoms with Crippen LogP contribution in [0.5, 0.6) is 0 Å². The van der Waals surface area contributed by atoms with Crippen LogP contribution in [-0.2, 0) is 9.59 Å². The van der Waals surface area contributed by atoms with Crippen LogP contribution in [0.4, 0.5) is 0 Å². The standard InChI is InChI=1S/C17H12BrClN2O3S/c1-20-15(22)11(16(23)21(2)17(20)25)8-10-4-6-14(24-10)9-3-5-12(18)13(19)7-9/h3-8H,1-2H3. The number of nitrogens with zero attached hydrogens (tertiary/aromatic N) is 2. The zero-order valence-electron chi connectivity index (χ0n) is 13.2. The fraction of sp³-hybridized carbons (Fsp3) is 0.118. The molecule has 0 bridgehead atoms. The van der Waals surface area contributed by atoms with Crippen molar-refractivity contribution in [1.29, 1.82) is 0 Å². The van der Waals surface area contributed by atoms with Crippen LogP contribution in [0.25, 0.3) is 17.4 Å². The van der Waals surface area contributed by atoms with E-state index in [0.29, 0.717) is 16.5 Å². The summed E-state index contributed by atoms with van der Waals surface area (Å²) in [4.78, 5) is 27.1. The number of carbonyl (C=O) groups excluding carboxylic acids is 2. The minimum atomic E-state index is -0.460. The highest BCUT2D eigenvalue weighted by atomic mass is 79.9. The number of benzene rings is 1. The highest BCUT2D eigenvalue weighted by Crippen LogP contribution is 2.30. The van der Waals surface area contributed by atoms with Gasteiger partial charge >= 0.3 is 0 Å². The van der Waals surface area contributed by atoms with Gasteiger partial charge in [0.25, 0.3) is 11.8 Å². The number of thiocarbonyl (C=S) groups is 1. The summed E-state index contributed by atoms with van der Waals surface area (Å²) in [6, 6.07) is 8.87. The van der Waals surface area contributed by atoms with Crippen molar-refractivity contribution in [2.45, 2.75) is 0 Å². The molecular weight excluding hydrogens is 428 g/mol. The highest BCUT2D eigenvalue weighted by molar-refractivity contribution is 9.10. The van der Waals surface area contributed by atoms with Crippen LogP contribution in [0.1, 0.15) is 5.76 Å². The van der Waals surface area contributed by atoms with Gasteiger partial charge in [-0.1, -0.05) is 17.7 Å². The average molecular weight is 440 g/mol. The van der Waals surface area contributed by atoms with Gasteiger partial charge in [0.2, 0.25) is 0 Å². The van der Waals surface area contributed by atoms with Gasteiger partial charge in [0.1, 0.15) is 17.1 Å². The van der Waals surface area contributed by atoms with Crippen molar-refractivity contribution in [2.24, 2.45) is 0 Å². The molecule has 3 rings (SSSR count). The van der Waals surface area contributed by atoms with E-state index < -0.39 is 11.8 Å². The van der Waals surface area contributed by atoms with E-state index in [1.807, 2.05) is 12.1 Å². The molecule has 8 heteroatoms. The van der Waals surface area contributed by atoms with Gasteiger partial charge in [-0.05, 0) is 58.5 Å². The number of likely N-dealkylation sites (N-methyl/N-ethyl adjacent to an activating group) is 2. The first kappa shape index (κ1) is 17.8. The van der Waals surface area contributed by atoms with Crippen molar-refractivity contribution in [3.8, 4) is 11.3 Å². The van der Waals surface area contributed by atoms with Crippen LogP contribution in [0, 0.1) is 0 Å². The number of hydrogen-bond donors (Lipinski definition) is 0. The second-order valence-corrected chi connectivity index (χ2v) is 7.03. The van der Waals surface area contributed by atoms with E-state index in [9.17, 15) is 9.59 Å². The normalized spacial score (nSPS) is 15.2. The second kappa shape index (κ2) is 6.74. The lowest BCUT2D eigenvalue weighted by Crippen LogP contribution is -2.52. The van der Waals surface area contributed by atoms with E-state index in [-0.39, 0.29) is 10.7 Å². The maximum absolute atomic E-state index is 12.3. The first-order valence-corrected chi connectivity index (χ1v) is 8.74. The summed E-state index contributed by atoms with van der Waals surface area (Å²) < 4.78 is 6.52. The Hall–Kier alpha value is -1.96.